The van der Waals surface area contributed by atoms with Gasteiger partial charge in [-0.25, -0.2) is 0 Å². The first kappa shape index (κ1) is 21.6. The fourth-order valence-corrected chi connectivity index (χ4v) is 4.10. The molecule has 2 heterocycles. The summed E-state index contributed by atoms with van der Waals surface area (Å²) in [6.07, 6.45) is 2.03. The van der Waals surface area contributed by atoms with Crippen molar-refractivity contribution in [1.82, 2.24) is 10.2 Å². The van der Waals surface area contributed by atoms with Gasteiger partial charge in [-0.15, -0.1) is 24.8 Å². The first-order chi connectivity index (χ1) is 10.7. The fourth-order valence-electron chi connectivity index (χ4n) is 3.12. The number of carbonyl (C=O) groups excluding carboxylic acids is 1. The summed E-state index contributed by atoms with van der Waals surface area (Å²) in [4.78, 5) is 14.8. The van der Waals surface area contributed by atoms with Gasteiger partial charge >= 0.3 is 0 Å². The average Bonchev–Trinajstić information content (AvgIpc) is 3.07. The highest BCUT2D eigenvalue weighted by Crippen LogP contribution is 2.22. The van der Waals surface area contributed by atoms with E-state index in [1.54, 1.807) is 0 Å². The molecule has 7 heteroatoms. The van der Waals surface area contributed by atoms with Gasteiger partial charge in [0, 0.05) is 36.8 Å². The molecule has 2 saturated heterocycles. The summed E-state index contributed by atoms with van der Waals surface area (Å²) in [5.41, 5.74) is 3.48. The third-order valence-corrected chi connectivity index (χ3v) is 5.52. The summed E-state index contributed by atoms with van der Waals surface area (Å²) in [6, 6.07) is 6.22. The maximum Gasteiger partial charge on any atom is 0.241 e. The van der Waals surface area contributed by atoms with Gasteiger partial charge in [0.15, 0.2) is 0 Å². The lowest BCUT2D eigenvalue weighted by Crippen LogP contribution is -2.35. The molecule has 136 valence electrons. The van der Waals surface area contributed by atoms with Crippen molar-refractivity contribution in [3.63, 3.8) is 0 Å². The molecule has 1 unspecified atom stereocenters. The van der Waals surface area contributed by atoms with Crippen molar-refractivity contribution in [2.75, 3.05) is 36.5 Å². The topological polar surface area (TPSA) is 44.4 Å². The maximum atomic E-state index is 12.3. The van der Waals surface area contributed by atoms with Crippen LogP contribution in [-0.4, -0.2) is 48.0 Å². The van der Waals surface area contributed by atoms with E-state index in [1.165, 1.54) is 22.6 Å². The molecule has 24 heavy (non-hydrogen) atoms. The van der Waals surface area contributed by atoms with E-state index in [0.717, 1.165) is 44.7 Å². The van der Waals surface area contributed by atoms with Crippen LogP contribution in [0.1, 0.15) is 24.0 Å². The predicted octanol–water partition coefficient (Wildman–Crippen LogP) is 3.08. The molecule has 0 saturated carbocycles. The van der Waals surface area contributed by atoms with Crippen LogP contribution in [0.3, 0.4) is 0 Å². The Labute approximate surface area is 161 Å². The SMILES string of the molecule is Cc1c(CN2CCSCC2)cccc1NC(=O)C1CCCN1.Cl.Cl. The summed E-state index contributed by atoms with van der Waals surface area (Å²) in [5.74, 6) is 2.55. The van der Waals surface area contributed by atoms with Crippen LogP contribution in [0.2, 0.25) is 0 Å². The van der Waals surface area contributed by atoms with Crippen molar-refractivity contribution in [2.24, 2.45) is 0 Å². The molecule has 0 aliphatic carbocycles. The van der Waals surface area contributed by atoms with Gasteiger partial charge < -0.3 is 10.6 Å². The minimum atomic E-state index is -0.0258. The largest absolute Gasteiger partial charge is 0.324 e. The van der Waals surface area contributed by atoms with Gasteiger partial charge in [-0.3, -0.25) is 9.69 Å². The molecular weight excluding hydrogens is 365 g/mol. The molecule has 3 rings (SSSR count). The molecule has 0 radical (unpaired) electrons. The van der Waals surface area contributed by atoms with Gasteiger partial charge in [-0.1, -0.05) is 12.1 Å². The standard InChI is InChI=1S/C17H25N3OS.2ClH/c1-13-14(12-20-8-10-22-11-9-20)4-2-5-15(13)19-17(21)16-6-3-7-18-16;;/h2,4-5,16,18H,3,6-12H2,1H3,(H,19,21);2*1H. The number of hydrogen-bond donors (Lipinski definition) is 2. The minimum Gasteiger partial charge on any atom is -0.324 e. The molecule has 1 atom stereocenters. The third-order valence-electron chi connectivity index (χ3n) is 4.58. The van der Waals surface area contributed by atoms with E-state index in [9.17, 15) is 4.79 Å². The van der Waals surface area contributed by atoms with Crippen LogP contribution in [0.25, 0.3) is 0 Å². The van der Waals surface area contributed by atoms with Crippen molar-refractivity contribution in [1.29, 1.82) is 0 Å². The van der Waals surface area contributed by atoms with Crippen LogP contribution >= 0.6 is 36.6 Å². The molecule has 2 aliphatic heterocycles. The zero-order valence-corrected chi connectivity index (χ0v) is 16.5. The Balaban J connectivity index is 0.00000144. The Hall–Kier alpha value is -0.460. The fraction of sp³-hybridized carbons (Fsp3) is 0.588. The minimum absolute atomic E-state index is 0. The zero-order valence-electron chi connectivity index (χ0n) is 14.0. The Morgan fingerprint density at radius 1 is 1.33 bits per heavy atom. The van der Waals surface area contributed by atoms with E-state index in [0.29, 0.717) is 0 Å². The summed E-state index contributed by atoms with van der Waals surface area (Å²) in [7, 11) is 0. The highest BCUT2D eigenvalue weighted by Gasteiger charge is 2.22. The van der Waals surface area contributed by atoms with Gasteiger partial charge in [0.05, 0.1) is 6.04 Å². The lowest BCUT2D eigenvalue weighted by atomic mass is 10.1. The lowest BCUT2D eigenvalue weighted by Gasteiger charge is -2.27. The van der Waals surface area contributed by atoms with Crippen LogP contribution in [0.4, 0.5) is 5.69 Å². The van der Waals surface area contributed by atoms with Crippen molar-refractivity contribution >= 4 is 48.2 Å². The molecule has 4 nitrogen and oxygen atoms in total. The molecule has 1 aromatic rings. The van der Waals surface area contributed by atoms with Crippen LogP contribution in [0.5, 0.6) is 0 Å². The van der Waals surface area contributed by atoms with Crippen molar-refractivity contribution < 1.29 is 4.79 Å². The monoisotopic (exact) mass is 391 g/mol. The number of rotatable bonds is 4. The quantitative estimate of drug-likeness (QED) is 0.827. The summed E-state index contributed by atoms with van der Waals surface area (Å²) in [6.45, 7) is 6.37. The van der Waals surface area contributed by atoms with Crippen LogP contribution in [-0.2, 0) is 11.3 Å². The Bertz CT molecular complexity index is 533. The summed E-state index contributed by atoms with van der Waals surface area (Å²) in [5, 5.41) is 6.36. The van der Waals surface area contributed by atoms with E-state index < -0.39 is 0 Å². The number of thioether (sulfide) groups is 1. The van der Waals surface area contributed by atoms with E-state index in [-0.39, 0.29) is 36.8 Å². The van der Waals surface area contributed by atoms with Gasteiger partial charge in [-0.05, 0) is 43.5 Å². The van der Waals surface area contributed by atoms with E-state index in [2.05, 4.69) is 34.6 Å². The molecule has 0 bridgehead atoms. The molecule has 2 aliphatic rings. The predicted molar refractivity (Wildman–Crippen MR) is 108 cm³/mol. The molecule has 1 amide bonds. The number of benzene rings is 1. The zero-order chi connectivity index (χ0) is 15.4. The number of amides is 1. The van der Waals surface area contributed by atoms with Crippen molar-refractivity contribution in [3.8, 4) is 0 Å². The lowest BCUT2D eigenvalue weighted by molar-refractivity contribution is -0.117. The second kappa shape index (κ2) is 10.5. The van der Waals surface area contributed by atoms with Gasteiger partial charge in [0.2, 0.25) is 5.91 Å². The molecule has 0 aromatic heterocycles. The first-order valence-electron chi connectivity index (χ1n) is 8.17. The molecule has 2 N–H and O–H groups in total. The van der Waals surface area contributed by atoms with Crippen molar-refractivity contribution in [3.05, 3.63) is 29.3 Å². The van der Waals surface area contributed by atoms with Gasteiger partial charge in [-0.2, -0.15) is 11.8 Å². The molecule has 1 aromatic carbocycles. The van der Waals surface area contributed by atoms with Crippen LogP contribution in [0.15, 0.2) is 18.2 Å². The second-order valence-corrected chi connectivity index (χ2v) is 7.34. The molecule has 2 fully saturated rings. The molecular formula is C17H27Cl2N3OS. The number of nitrogens with zero attached hydrogens (tertiary/aromatic N) is 1. The van der Waals surface area contributed by atoms with Gasteiger partial charge in [0.1, 0.15) is 0 Å². The number of halogens is 2. The summed E-state index contributed by atoms with van der Waals surface area (Å²) >= 11 is 2.03. The average molecular weight is 392 g/mol. The van der Waals surface area contributed by atoms with Crippen molar-refractivity contribution in [2.45, 2.75) is 32.4 Å². The number of hydrogen-bond acceptors (Lipinski definition) is 4. The van der Waals surface area contributed by atoms with Crippen LogP contribution in [0, 0.1) is 6.92 Å². The second-order valence-electron chi connectivity index (χ2n) is 6.12. The van der Waals surface area contributed by atoms with Crippen LogP contribution < -0.4 is 10.6 Å². The Morgan fingerprint density at radius 2 is 2.08 bits per heavy atom. The Morgan fingerprint density at radius 3 is 2.75 bits per heavy atom. The summed E-state index contributed by atoms with van der Waals surface area (Å²) < 4.78 is 0. The first-order valence-corrected chi connectivity index (χ1v) is 9.32. The highest BCUT2D eigenvalue weighted by atomic mass is 35.5. The number of anilines is 1. The normalized spacial score (nSPS) is 20.8. The van der Waals surface area contributed by atoms with E-state index in [4.69, 9.17) is 0 Å². The smallest absolute Gasteiger partial charge is 0.241 e. The highest BCUT2D eigenvalue weighted by molar-refractivity contribution is 7.99. The number of carbonyl (C=O) groups is 1. The van der Waals surface area contributed by atoms with E-state index in [1.807, 2.05) is 17.8 Å². The third kappa shape index (κ3) is 5.53. The van der Waals surface area contributed by atoms with Gasteiger partial charge in [0.25, 0.3) is 0 Å². The van der Waals surface area contributed by atoms with E-state index >= 15 is 0 Å². The maximum absolute atomic E-state index is 12.3. The molecule has 0 spiro atoms. The number of nitrogens with one attached hydrogen (secondary N) is 2. The Kier molecular flexibility index (Phi) is 9.45.